The zero-order valence-electron chi connectivity index (χ0n) is 11.6. The van der Waals surface area contributed by atoms with Gasteiger partial charge in [0.2, 0.25) is 0 Å². The van der Waals surface area contributed by atoms with Crippen molar-refractivity contribution in [3.05, 3.63) is 36.4 Å². The van der Waals surface area contributed by atoms with Crippen LogP contribution in [0.15, 0.2) is 36.4 Å². The molecule has 1 saturated carbocycles. The highest BCUT2D eigenvalue weighted by molar-refractivity contribution is 6.39. The van der Waals surface area contributed by atoms with Crippen molar-refractivity contribution in [2.24, 2.45) is 17.8 Å². The lowest BCUT2D eigenvalue weighted by molar-refractivity contribution is -0.136. The molecule has 3 unspecified atom stereocenters. The van der Waals surface area contributed by atoms with Crippen molar-refractivity contribution in [3.8, 4) is 5.75 Å². The van der Waals surface area contributed by atoms with Gasteiger partial charge in [-0.15, -0.1) is 0 Å². The Labute approximate surface area is 123 Å². The summed E-state index contributed by atoms with van der Waals surface area (Å²) in [6.45, 7) is 0.549. The molecule has 1 aromatic carbocycles. The minimum Gasteiger partial charge on any atom is -0.508 e. The van der Waals surface area contributed by atoms with E-state index in [1.165, 1.54) is 18.6 Å². The fraction of sp³-hybridized carbons (Fsp3) is 0.375. The van der Waals surface area contributed by atoms with Crippen LogP contribution in [-0.4, -0.2) is 23.5 Å². The van der Waals surface area contributed by atoms with Crippen molar-refractivity contribution in [2.45, 2.75) is 12.8 Å². The van der Waals surface area contributed by atoms with Crippen molar-refractivity contribution in [1.29, 1.82) is 0 Å². The molecule has 0 radical (unpaired) electrons. The van der Waals surface area contributed by atoms with E-state index >= 15 is 0 Å². The number of nitrogens with one attached hydrogen (secondary N) is 2. The molecule has 0 saturated heterocycles. The van der Waals surface area contributed by atoms with Crippen molar-refractivity contribution in [3.63, 3.8) is 0 Å². The highest BCUT2D eigenvalue weighted by Crippen LogP contribution is 2.42. The number of fused-ring (bicyclic) bond motifs is 2. The fourth-order valence-electron chi connectivity index (χ4n) is 3.17. The number of aromatic hydroxyl groups is 1. The first kappa shape index (κ1) is 13.7. The first-order valence-electron chi connectivity index (χ1n) is 7.18. The summed E-state index contributed by atoms with van der Waals surface area (Å²) in [5.74, 6) is 0.472. The highest BCUT2D eigenvalue weighted by atomic mass is 16.3. The Bertz CT molecular complexity index is 580. The molecular weight excluding hydrogens is 268 g/mol. The molecule has 0 aliphatic heterocycles. The number of amides is 2. The van der Waals surface area contributed by atoms with E-state index < -0.39 is 11.8 Å². The molecule has 1 aromatic rings. The van der Waals surface area contributed by atoms with E-state index in [1.54, 1.807) is 12.1 Å². The lowest BCUT2D eigenvalue weighted by atomic mass is 9.94. The zero-order chi connectivity index (χ0) is 14.8. The molecular formula is C16H18N2O3. The van der Waals surface area contributed by atoms with Gasteiger partial charge in [-0.05, 0) is 54.9 Å². The standard InChI is InChI=1S/C16H18N2O3/c19-14-5-3-13(4-6-14)18-16(21)15(20)17-9-12-8-10-1-2-11(12)7-10/h1-6,10-12,19H,7-9H2,(H,17,20)(H,18,21). The molecule has 0 heterocycles. The van der Waals surface area contributed by atoms with Crippen LogP contribution in [-0.2, 0) is 9.59 Å². The normalized spacial score (nSPS) is 25.8. The Morgan fingerprint density at radius 2 is 1.86 bits per heavy atom. The van der Waals surface area contributed by atoms with E-state index in [-0.39, 0.29) is 5.75 Å². The Hall–Kier alpha value is -2.30. The van der Waals surface area contributed by atoms with E-state index in [0.717, 1.165) is 6.42 Å². The average molecular weight is 286 g/mol. The van der Waals surface area contributed by atoms with Crippen LogP contribution in [0.4, 0.5) is 5.69 Å². The van der Waals surface area contributed by atoms with Crippen LogP contribution in [0.3, 0.4) is 0 Å². The maximum Gasteiger partial charge on any atom is 0.313 e. The quantitative estimate of drug-likeness (QED) is 0.449. The molecule has 0 aromatic heterocycles. The lowest BCUT2D eigenvalue weighted by Gasteiger charge is -2.18. The number of hydrogen-bond donors (Lipinski definition) is 3. The van der Waals surface area contributed by atoms with Gasteiger partial charge in [0.05, 0.1) is 0 Å². The van der Waals surface area contributed by atoms with Gasteiger partial charge in [-0.1, -0.05) is 12.2 Å². The van der Waals surface area contributed by atoms with Crippen molar-refractivity contribution in [2.75, 3.05) is 11.9 Å². The molecule has 2 amide bonds. The van der Waals surface area contributed by atoms with Gasteiger partial charge in [-0.3, -0.25) is 9.59 Å². The van der Waals surface area contributed by atoms with Crippen LogP contribution < -0.4 is 10.6 Å². The number of carbonyl (C=O) groups excluding carboxylic acids is 2. The molecule has 3 rings (SSSR count). The minimum absolute atomic E-state index is 0.113. The zero-order valence-corrected chi connectivity index (χ0v) is 11.6. The third kappa shape index (κ3) is 3.07. The number of allylic oxidation sites excluding steroid dienone is 2. The molecule has 1 fully saturated rings. The fourth-order valence-corrected chi connectivity index (χ4v) is 3.17. The topological polar surface area (TPSA) is 78.4 Å². The molecule has 3 N–H and O–H groups in total. The second kappa shape index (κ2) is 5.60. The number of carbonyl (C=O) groups is 2. The summed E-state index contributed by atoms with van der Waals surface area (Å²) in [7, 11) is 0. The summed E-state index contributed by atoms with van der Waals surface area (Å²) in [4.78, 5) is 23.5. The molecule has 21 heavy (non-hydrogen) atoms. The van der Waals surface area contributed by atoms with Gasteiger partial charge in [0.15, 0.2) is 0 Å². The number of phenols is 1. The third-order valence-electron chi connectivity index (χ3n) is 4.27. The smallest absolute Gasteiger partial charge is 0.313 e. The molecule has 5 nitrogen and oxygen atoms in total. The molecule has 2 aliphatic carbocycles. The summed E-state index contributed by atoms with van der Waals surface area (Å²) >= 11 is 0. The third-order valence-corrected chi connectivity index (χ3v) is 4.27. The highest BCUT2D eigenvalue weighted by Gasteiger charge is 2.35. The summed E-state index contributed by atoms with van der Waals surface area (Å²) in [5, 5.41) is 14.4. The van der Waals surface area contributed by atoms with E-state index in [2.05, 4.69) is 22.8 Å². The Balaban J connectivity index is 1.47. The van der Waals surface area contributed by atoms with Gasteiger partial charge in [-0.2, -0.15) is 0 Å². The van der Waals surface area contributed by atoms with Gasteiger partial charge >= 0.3 is 11.8 Å². The lowest BCUT2D eigenvalue weighted by Crippen LogP contribution is -2.38. The number of phenolic OH excluding ortho intramolecular Hbond substituents is 1. The van der Waals surface area contributed by atoms with E-state index in [9.17, 15) is 9.59 Å². The summed E-state index contributed by atoms with van der Waals surface area (Å²) in [6.07, 6.45) is 6.75. The Morgan fingerprint density at radius 1 is 1.10 bits per heavy atom. The Morgan fingerprint density at radius 3 is 2.48 bits per heavy atom. The number of benzene rings is 1. The minimum atomic E-state index is -0.681. The average Bonchev–Trinajstić information content (AvgIpc) is 3.09. The summed E-state index contributed by atoms with van der Waals surface area (Å²) < 4.78 is 0. The van der Waals surface area contributed by atoms with Crippen LogP contribution >= 0.6 is 0 Å². The molecule has 5 heteroatoms. The van der Waals surface area contributed by atoms with E-state index in [0.29, 0.717) is 30.0 Å². The largest absolute Gasteiger partial charge is 0.508 e. The van der Waals surface area contributed by atoms with Gasteiger partial charge in [-0.25, -0.2) is 0 Å². The van der Waals surface area contributed by atoms with Gasteiger partial charge in [0.25, 0.3) is 0 Å². The van der Waals surface area contributed by atoms with Crippen LogP contribution in [0.25, 0.3) is 0 Å². The maximum atomic E-state index is 11.8. The second-order valence-corrected chi connectivity index (χ2v) is 5.75. The van der Waals surface area contributed by atoms with Gasteiger partial charge in [0, 0.05) is 12.2 Å². The molecule has 110 valence electrons. The number of anilines is 1. The van der Waals surface area contributed by atoms with Crippen molar-refractivity contribution < 1.29 is 14.7 Å². The summed E-state index contributed by atoms with van der Waals surface area (Å²) in [5.41, 5.74) is 0.482. The predicted octanol–water partition coefficient (Wildman–Crippen LogP) is 1.66. The van der Waals surface area contributed by atoms with Crippen LogP contribution in [0.1, 0.15) is 12.8 Å². The van der Waals surface area contributed by atoms with E-state index in [1.807, 2.05) is 0 Å². The summed E-state index contributed by atoms with van der Waals surface area (Å²) in [6, 6.07) is 5.99. The molecule has 0 spiro atoms. The first-order chi connectivity index (χ1) is 10.1. The Kier molecular flexibility index (Phi) is 3.64. The van der Waals surface area contributed by atoms with E-state index in [4.69, 9.17) is 5.11 Å². The molecule has 2 aliphatic rings. The maximum absolute atomic E-state index is 11.8. The van der Waals surface area contributed by atoms with Crippen molar-refractivity contribution in [1.82, 2.24) is 5.32 Å². The first-order valence-corrected chi connectivity index (χ1v) is 7.18. The second-order valence-electron chi connectivity index (χ2n) is 5.75. The molecule has 3 atom stereocenters. The monoisotopic (exact) mass is 286 g/mol. The number of rotatable bonds is 3. The van der Waals surface area contributed by atoms with Crippen LogP contribution in [0.5, 0.6) is 5.75 Å². The SMILES string of the molecule is O=C(NCC1CC2C=CC1C2)C(=O)Nc1ccc(O)cc1. The van der Waals surface area contributed by atoms with Crippen LogP contribution in [0, 0.1) is 17.8 Å². The van der Waals surface area contributed by atoms with Crippen molar-refractivity contribution >= 4 is 17.5 Å². The van der Waals surface area contributed by atoms with Gasteiger partial charge < -0.3 is 15.7 Å². The van der Waals surface area contributed by atoms with Crippen LogP contribution in [0.2, 0.25) is 0 Å². The number of hydrogen-bond acceptors (Lipinski definition) is 3. The predicted molar refractivity (Wildman–Crippen MR) is 78.6 cm³/mol. The molecule has 2 bridgehead atoms. The van der Waals surface area contributed by atoms with Gasteiger partial charge in [0.1, 0.15) is 5.75 Å².